The molecule has 5 heteroatoms. The number of nitrogens with one attached hydrogen (secondary N) is 2. The highest BCUT2D eigenvalue weighted by atomic mass is 35.5. The Bertz CT molecular complexity index is 225. The zero-order valence-corrected chi connectivity index (χ0v) is 9.86. The normalized spacial score (nSPS) is 34.1. The van der Waals surface area contributed by atoms with Gasteiger partial charge in [-0.2, -0.15) is 0 Å². The Labute approximate surface area is 96.5 Å². The van der Waals surface area contributed by atoms with E-state index < -0.39 is 0 Å². The molecular formula is C10H19ClN2O2. The quantitative estimate of drug-likeness (QED) is 0.739. The van der Waals surface area contributed by atoms with E-state index in [-0.39, 0.29) is 29.8 Å². The van der Waals surface area contributed by atoms with Gasteiger partial charge in [-0.1, -0.05) is 6.92 Å². The van der Waals surface area contributed by atoms with Gasteiger partial charge >= 0.3 is 0 Å². The minimum absolute atomic E-state index is 0. The Morgan fingerprint density at radius 1 is 1.67 bits per heavy atom. The molecule has 15 heavy (non-hydrogen) atoms. The number of hydrogen-bond acceptors (Lipinski definition) is 3. The van der Waals surface area contributed by atoms with Crippen LogP contribution in [0, 0.1) is 5.41 Å². The van der Waals surface area contributed by atoms with Crippen molar-refractivity contribution in [3.05, 3.63) is 0 Å². The number of rotatable bonds is 3. The summed E-state index contributed by atoms with van der Waals surface area (Å²) in [6.45, 7) is 5.47. The molecule has 0 aromatic heterocycles. The number of carbonyl (C=O) groups excluding carboxylic acids is 1. The molecule has 2 N–H and O–H groups in total. The summed E-state index contributed by atoms with van der Waals surface area (Å²) >= 11 is 0. The lowest BCUT2D eigenvalue weighted by atomic mass is 9.90. The molecule has 2 rings (SSSR count). The predicted octanol–water partition coefficient (Wildman–Crippen LogP) is 0.313. The van der Waals surface area contributed by atoms with Crippen LogP contribution in [-0.4, -0.2) is 38.3 Å². The largest absolute Gasteiger partial charge is 0.381 e. The summed E-state index contributed by atoms with van der Waals surface area (Å²) in [5.41, 5.74) is 0.152. The van der Waals surface area contributed by atoms with Crippen molar-refractivity contribution in [2.24, 2.45) is 5.41 Å². The summed E-state index contributed by atoms with van der Waals surface area (Å²) in [5, 5.41) is 6.08. The Morgan fingerprint density at radius 2 is 2.40 bits per heavy atom. The van der Waals surface area contributed by atoms with Crippen LogP contribution < -0.4 is 10.6 Å². The van der Waals surface area contributed by atoms with Gasteiger partial charge in [-0.15, -0.1) is 12.4 Å². The van der Waals surface area contributed by atoms with E-state index in [1.165, 1.54) is 0 Å². The molecule has 0 bridgehead atoms. The summed E-state index contributed by atoms with van der Waals surface area (Å²) < 4.78 is 5.33. The van der Waals surface area contributed by atoms with Crippen LogP contribution in [0.15, 0.2) is 0 Å². The maximum Gasteiger partial charge on any atom is 0.237 e. The smallest absolute Gasteiger partial charge is 0.237 e. The topological polar surface area (TPSA) is 50.4 Å². The summed E-state index contributed by atoms with van der Waals surface area (Å²) in [7, 11) is 0. The molecule has 2 aliphatic heterocycles. The second-order valence-electron chi connectivity index (χ2n) is 4.63. The molecule has 0 radical (unpaired) electrons. The maximum atomic E-state index is 11.5. The third kappa shape index (κ3) is 3.06. The van der Waals surface area contributed by atoms with Crippen LogP contribution in [0.5, 0.6) is 0 Å². The van der Waals surface area contributed by atoms with Gasteiger partial charge in [0.25, 0.3) is 0 Å². The lowest BCUT2D eigenvalue weighted by molar-refractivity contribution is -0.125. The molecule has 2 heterocycles. The zero-order chi connectivity index (χ0) is 10.0. The number of hydrogen-bond donors (Lipinski definition) is 2. The number of ether oxygens (including phenoxy) is 1. The fourth-order valence-corrected chi connectivity index (χ4v) is 1.78. The monoisotopic (exact) mass is 234 g/mol. The molecule has 2 atom stereocenters. The fraction of sp³-hybridized carbons (Fsp3) is 0.900. The van der Waals surface area contributed by atoms with Crippen molar-refractivity contribution >= 4 is 18.3 Å². The van der Waals surface area contributed by atoms with Gasteiger partial charge in [-0.25, -0.2) is 0 Å². The maximum absolute atomic E-state index is 11.5. The van der Waals surface area contributed by atoms with Crippen molar-refractivity contribution in [1.82, 2.24) is 10.6 Å². The fourth-order valence-electron chi connectivity index (χ4n) is 1.78. The molecule has 88 valence electrons. The molecule has 0 spiro atoms. The Balaban J connectivity index is 0.00000112. The van der Waals surface area contributed by atoms with Crippen LogP contribution in [-0.2, 0) is 9.53 Å². The average molecular weight is 235 g/mol. The van der Waals surface area contributed by atoms with E-state index >= 15 is 0 Å². The van der Waals surface area contributed by atoms with E-state index in [2.05, 4.69) is 17.6 Å². The molecular weight excluding hydrogens is 216 g/mol. The lowest BCUT2D eigenvalue weighted by Crippen LogP contribution is -2.54. The molecule has 0 aromatic rings. The van der Waals surface area contributed by atoms with E-state index in [1.54, 1.807) is 0 Å². The molecule has 0 aromatic carbocycles. The van der Waals surface area contributed by atoms with Crippen LogP contribution >= 0.6 is 12.4 Å². The predicted molar refractivity (Wildman–Crippen MR) is 60.2 cm³/mol. The summed E-state index contributed by atoms with van der Waals surface area (Å²) in [4.78, 5) is 11.5. The molecule has 2 aliphatic rings. The first-order chi connectivity index (χ1) is 6.70. The van der Waals surface area contributed by atoms with E-state index in [1.807, 2.05) is 0 Å². The molecule has 4 nitrogen and oxygen atoms in total. The third-order valence-corrected chi connectivity index (χ3v) is 3.13. The van der Waals surface area contributed by atoms with E-state index in [0.717, 1.165) is 39.1 Å². The highest BCUT2D eigenvalue weighted by Gasteiger charge is 2.31. The molecule has 1 amide bonds. The Morgan fingerprint density at radius 3 is 2.87 bits per heavy atom. The van der Waals surface area contributed by atoms with Crippen molar-refractivity contribution in [3.8, 4) is 0 Å². The van der Waals surface area contributed by atoms with E-state index in [4.69, 9.17) is 4.74 Å². The first kappa shape index (κ1) is 12.7. The second kappa shape index (κ2) is 5.14. The lowest BCUT2D eigenvalue weighted by Gasteiger charge is -2.29. The summed E-state index contributed by atoms with van der Waals surface area (Å²) in [6, 6.07) is 0.0564. The van der Waals surface area contributed by atoms with E-state index in [0.29, 0.717) is 0 Å². The molecule has 2 fully saturated rings. The van der Waals surface area contributed by atoms with Crippen LogP contribution in [0.1, 0.15) is 19.8 Å². The first-order valence-electron chi connectivity index (χ1n) is 5.28. The standard InChI is InChI=1S/C10H18N2O2.ClH/c1-10(3-5-14-7-10)6-12-9(13)8-2-4-11-8;/h8,11H,2-7H2,1H3,(H,12,13);1H/t8-,10?;/m1./s1. The van der Waals surface area contributed by atoms with E-state index in [9.17, 15) is 4.79 Å². The average Bonchev–Trinajstić information content (AvgIpc) is 2.47. The van der Waals surface area contributed by atoms with Gasteiger partial charge in [0.15, 0.2) is 0 Å². The van der Waals surface area contributed by atoms with Crippen molar-refractivity contribution in [1.29, 1.82) is 0 Å². The minimum Gasteiger partial charge on any atom is -0.381 e. The Hall–Kier alpha value is -0.320. The van der Waals surface area contributed by atoms with Crippen molar-refractivity contribution in [2.75, 3.05) is 26.3 Å². The van der Waals surface area contributed by atoms with Crippen molar-refractivity contribution < 1.29 is 9.53 Å². The number of amides is 1. The van der Waals surface area contributed by atoms with Gasteiger partial charge in [-0.3, -0.25) is 4.79 Å². The Kier molecular flexibility index (Phi) is 4.37. The van der Waals surface area contributed by atoms with Gasteiger partial charge in [0.05, 0.1) is 12.6 Å². The first-order valence-corrected chi connectivity index (χ1v) is 5.28. The summed E-state index contributed by atoms with van der Waals surface area (Å²) in [5.74, 6) is 0.143. The van der Waals surface area contributed by atoms with Gasteiger partial charge in [-0.05, 0) is 19.4 Å². The van der Waals surface area contributed by atoms with Gasteiger partial charge < -0.3 is 15.4 Å². The molecule has 0 saturated carbocycles. The molecule has 0 aliphatic carbocycles. The van der Waals surface area contributed by atoms with Crippen molar-refractivity contribution in [3.63, 3.8) is 0 Å². The van der Waals surface area contributed by atoms with Crippen LogP contribution in [0.2, 0.25) is 0 Å². The van der Waals surface area contributed by atoms with Gasteiger partial charge in [0.1, 0.15) is 0 Å². The third-order valence-electron chi connectivity index (χ3n) is 3.13. The SMILES string of the molecule is CC1(CNC(=O)[C@H]2CCN2)CCOC1.Cl. The number of halogens is 1. The van der Waals surface area contributed by atoms with Crippen LogP contribution in [0.3, 0.4) is 0 Å². The minimum atomic E-state index is 0. The molecule has 2 saturated heterocycles. The second-order valence-corrected chi connectivity index (χ2v) is 4.63. The van der Waals surface area contributed by atoms with Crippen LogP contribution in [0.4, 0.5) is 0 Å². The van der Waals surface area contributed by atoms with Crippen LogP contribution in [0.25, 0.3) is 0 Å². The van der Waals surface area contributed by atoms with Gasteiger partial charge in [0, 0.05) is 18.6 Å². The zero-order valence-electron chi connectivity index (χ0n) is 9.04. The highest BCUT2D eigenvalue weighted by molar-refractivity contribution is 5.85. The van der Waals surface area contributed by atoms with Crippen molar-refractivity contribution in [2.45, 2.75) is 25.8 Å². The highest BCUT2D eigenvalue weighted by Crippen LogP contribution is 2.26. The number of carbonyl (C=O) groups is 1. The summed E-state index contributed by atoms with van der Waals surface area (Å²) in [6.07, 6.45) is 2.02. The van der Waals surface area contributed by atoms with Gasteiger partial charge in [0.2, 0.25) is 5.91 Å². The molecule has 1 unspecified atom stereocenters.